The van der Waals surface area contributed by atoms with Gasteiger partial charge in [-0.1, -0.05) is 12.1 Å². The highest BCUT2D eigenvalue weighted by Crippen LogP contribution is 2.12. The molecule has 2 rings (SSSR count). The van der Waals surface area contributed by atoms with Crippen molar-refractivity contribution in [2.45, 2.75) is 13.1 Å². The zero-order valence-corrected chi connectivity index (χ0v) is 10.5. The lowest BCUT2D eigenvalue weighted by Gasteiger charge is -2.07. The van der Waals surface area contributed by atoms with Crippen LogP contribution in [0.4, 0.5) is 8.78 Å². The Morgan fingerprint density at radius 2 is 2.05 bits per heavy atom. The van der Waals surface area contributed by atoms with Crippen molar-refractivity contribution in [3.05, 3.63) is 59.3 Å². The Labute approximate surface area is 110 Å². The molecule has 0 amide bonds. The predicted molar refractivity (Wildman–Crippen MR) is 67.7 cm³/mol. The number of benzene rings is 1. The third kappa shape index (κ3) is 3.48. The third-order valence-electron chi connectivity index (χ3n) is 2.68. The van der Waals surface area contributed by atoms with Crippen molar-refractivity contribution in [2.75, 3.05) is 7.11 Å². The fourth-order valence-electron chi connectivity index (χ4n) is 1.70. The minimum atomic E-state index is -0.829. The minimum Gasteiger partial charge on any atom is -0.481 e. The molecule has 1 aromatic carbocycles. The fraction of sp³-hybridized carbons (Fsp3) is 0.214. The number of rotatable bonds is 5. The Bertz CT molecular complexity index is 561. The summed E-state index contributed by atoms with van der Waals surface area (Å²) in [5.74, 6) is -1.11. The van der Waals surface area contributed by atoms with Gasteiger partial charge in [-0.05, 0) is 17.7 Å². The van der Waals surface area contributed by atoms with E-state index in [4.69, 9.17) is 4.74 Å². The zero-order valence-electron chi connectivity index (χ0n) is 10.5. The molecule has 0 saturated heterocycles. The van der Waals surface area contributed by atoms with Crippen molar-refractivity contribution in [3.8, 4) is 5.88 Å². The first kappa shape index (κ1) is 13.4. The molecule has 0 aliphatic rings. The number of halogens is 2. The molecule has 100 valence electrons. The van der Waals surface area contributed by atoms with Gasteiger partial charge in [0, 0.05) is 30.9 Å². The molecule has 0 saturated carbocycles. The van der Waals surface area contributed by atoms with E-state index < -0.39 is 11.6 Å². The van der Waals surface area contributed by atoms with Crippen LogP contribution >= 0.6 is 0 Å². The summed E-state index contributed by atoms with van der Waals surface area (Å²) in [6, 6.07) is 7.77. The van der Waals surface area contributed by atoms with Gasteiger partial charge in [0.1, 0.15) is 0 Å². The molecule has 0 bridgehead atoms. The lowest BCUT2D eigenvalue weighted by molar-refractivity contribution is 0.397. The van der Waals surface area contributed by atoms with Crippen LogP contribution in [-0.4, -0.2) is 12.1 Å². The molecule has 0 atom stereocenters. The SMILES string of the molecule is COc1cc(CNCc2cccc(F)c2F)ccn1. The molecule has 0 unspecified atom stereocenters. The predicted octanol–water partition coefficient (Wildman–Crippen LogP) is 2.66. The molecule has 0 fully saturated rings. The van der Waals surface area contributed by atoms with E-state index in [0.29, 0.717) is 18.0 Å². The maximum atomic E-state index is 13.4. The van der Waals surface area contributed by atoms with Gasteiger partial charge in [-0.3, -0.25) is 0 Å². The van der Waals surface area contributed by atoms with E-state index in [9.17, 15) is 8.78 Å². The Morgan fingerprint density at radius 1 is 1.21 bits per heavy atom. The summed E-state index contributed by atoms with van der Waals surface area (Å²) >= 11 is 0. The molecule has 1 heterocycles. The van der Waals surface area contributed by atoms with Gasteiger partial charge in [-0.2, -0.15) is 0 Å². The number of methoxy groups -OCH3 is 1. The van der Waals surface area contributed by atoms with Crippen LogP contribution in [0.3, 0.4) is 0 Å². The number of nitrogens with one attached hydrogen (secondary N) is 1. The second kappa shape index (κ2) is 6.24. The van der Waals surface area contributed by atoms with Gasteiger partial charge in [0.25, 0.3) is 0 Å². The first-order chi connectivity index (χ1) is 9.20. The van der Waals surface area contributed by atoms with E-state index in [1.54, 1.807) is 25.4 Å². The zero-order chi connectivity index (χ0) is 13.7. The van der Waals surface area contributed by atoms with Crippen molar-refractivity contribution in [3.63, 3.8) is 0 Å². The minimum absolute atomic E-state index is 0.258. The van der Waals surface area contributed by atoms with E-state index in [0.717, 1.165) is 11.6 Å². The molecule has 5 heteroatoms. The monoisotopic (exact) mass is 264 g/mol. The van der Waals surface area contributed by atoms with Crippen LogP contribution < -0.4 is 10.1 Å². The van der Waals surface area contributed by atoms with Crippen molar-refractivity contribution >= 4 is 0 Å². The maximum absolute atomic E-state index is 13.4. The molecule has 1 N–H and O–H groups in total. The Balaban J connectivity index is 1.94. The Morgan fingerprint density at radius 3 is 2.84 bits per heavy atom. The van der Waals surface area contributed by atoms with Gasteiger partial charge in [0.15, 0.2) is 11.6 Å². The first-order valence-electron chi connectivity index (χ1n) is 5.83. The van der Waals surface area contributed by atoms with Gasteiger partial charge < -0.3 is 10.1 Å². The van der Waals surface area contributed by atoms with Crippen LogP contribution in [0.2, 0.25) is 0 Å². The van der Waals surface area contributed by atoms with Crippen molar-refractivity contribution in [1.29, 1.82) is 0 Å². The quantitative estimate of drug-likeness (QED) is 0.901. The summed E-state index contributed by atoms with van der Waals surface area (Å²) < 4.78 is 31.4. The standard InChI is InChI=1S/C14H14F2N2O/c1-19-13-7-10(5-6-18-13)8-17-9-11-3-2-4-12(15)14(11)16/h2-7,17H,8-9H2,1H3. The molecule has 2 aromatic rings. The van der Waals surface area contributed by atoms with E-state index >= 15 is 0 Å². The fourth-order valence-corrected chi connectivity index (χ4v) is 1.70. The van der Waals surface area contributed by atoms with E-state index in [1.165, 1.54) is 6.07 Å². The van der Waals surface area contributed by atoms with Gasteiger partial charge in [0.2, 0.25) is 5.88 Å². The summed E-state index contributed by atoms with van der Waals surface area (Å²) in [4.78, 5) is 3.99. The van der Waals surface area contributed by atoms with Crippen LogP contribution in [0.15, 0.2) is 36.5 Å². The first-order valence-corrected chi connectivity index (χ1v) is 5.83. The number of hydrogen-bond acceptors (Lipinski definition) is 3. The molecule has 0 aliphatic heterocycles. The topological polar surface area (TPSA) is 34.1 Å². The maximum Gasteiger partial charge on any atom is 0.213 e. The summed E-state index contributed by atoms with van der Waals surface area (Å²) in [5.41, 5.74) is 1.27. The van der Waals surface area contributed by atoms with Gasteiger partial charge in [-0.15, -0.1) is 0 Å². The van der Waals surface area contributed by atoms with Crippen molar-refractivity contribution in [2.24, 2.45) is 0 Å². The number of nitrogens with zero attached hydrogens (tertiary/aromatic N) is 1. The normalized spacial score (nSPS) is 10.5. The lowest BCUT2D eigenvalue weighted by atomic mass is 10.2. The lowest BCUT2D eigenvalue weighted by Crippen LogP contribution is -2.14. The number of hydrogen-bond donors (Lipinski definition) is 1. The molecule has 19 heavy (non-hydrogen) atoms. The molecule has 0 spiro atoms. The Kier molecular flexibility index (Phi) is 4.41. The van der Waals surface area contributed by atoms with E-state index in [-0.39, 0.29) is 6.54 Å². The summed E-state index contributed by atoms with van der Waals surface area (Å²) in [6.07, 6.45) is 1.64. The molecular formula is C14H14F2N2O. The summed E-state index contributed by atoms with van der Waals surface area (Å²) in [6.45, 7) is 0.781. The van der Waals surface area contributed by atoms with Crippen molar-refractivity contribution < 1.29 is 13.5 Å². The molecule has 0 radical (unpaired) electrons. The van der Waals surface area contributed by atoms with Gasteiger partial charge in [-0.25, -0.2) is 13.8 Å². The average molecular weight is 264 g/mol. The van der Waals surface area contributed by atoms with Gasteiger partial charge in [0.05, 0.1) is 7.11 Å². The number of pyridine rings is 1. The van der Waals surface area contributed by atoms with Crippen molar-refractivity contribution in [1.82, 2.24) is 10.3 Å². The molecule has 1 aromatic heterocycles. The van der Waals surface area contributed by atoms with Crippen LogP contribution in [0.25, 0.3) is 0 Å². The van der Waals surface area contributed by atoms with Gasteiger partial charge >= 0.3 is 0 Å². The van der Waals surface area contributed by atoms with Crippen LogP contribution in [0, 0.1) is 11.6 Å². The largest absolute Gasteiger partial charge is 0.481 e. The van der Waals surface area contributed by atoms with Crippen LogP contribution in [0.5, 0.6) is 5.88 Å². The van der Waals surface area contributed by atoms with E-state index in [1.807, 2.05) is 6.07 Å². The number of aromatic nitrogens is 1. The smallest absolute Gasteiger partial charge is 0.213 e. The second-order valence-electron chi connectivity index (χ2n) is 4.02. The summed E-state index contributed by atoms with van der Waals surface area (Å²) in [5, 5.41) is 3.05. The van der Waals surface area contributed by atoms with Crippen LogP contribution in [0.1, 0.15) is 11.1 Å². The van der Waals surface area contributed by atoms with E-state index in [2.05, 4.69) is 10.3 Å². The third-order valence-corrected chi connectivity index (χ3v) is 2.68. The molecule has 3 nitrogen and oxygen atoms in total. The molecular weight excluding hydrogens is 250 g/mol. The molecule has 0 aliphatic carbocycles. The highest BCUT2D eigenvalue weighted by molar-refractivity contribution is 5.21. The summed E-state index contributed by atoms with van der Waals surface area (Å²) in [7, 11) is 1.54. The highest BCUT2D eigenvalue weighted by atomic mass is 19.2. The van der Waals surface area contributed by atoms with Crippen LogP contribution in [-0.2, 0) is 13.1 Å². The number of ether oxygens (including phenoxy) is 1. The highest BCUT2D eigenvalue weighted by Gasteiger charge is 2.06. The second-order valence-corrected chi connectivity index (χ2v) is 4.02. The average Bonchev–Trinajstić information content (AvgIpc) is 2.44. The Hall–Kier alpha value is -2.01.